The van der Waals surface area contributed by atoms with Gasteiger partial charge >= 0.3 is 0 Å². The van der Waals surface area contributed by atoms with Crippen molar-refractivity contribution in [2.24, 2.45) is 0 Å². The minimum Gasteiger partial charge on any atom is -0.457 e. The van der Waals surface area contributed by atoms with Gasteiger partial charge in [-0.3, -0.25) is 24.1 Å². The lowest BCUT2D eigenvalue weighted by Gasteiger charge is -2.14. The minimum atomic E-state index is -0.379. The molecule has 0 bridgehead atoms. The molecule has 7 rings (SSSR count). The number of ether oxygens (including phenoxy) is 2. The number of carbonyl (C=O) groups is 4. The van der Waals surface area contributed by atoms with E-state index in [4.69, 9.17) is 9.47 Å². The molecule has 2 aliphatic rings. The fourth-order valence-corrected chi connectivity index (χ4v) is 5.39. The first-order valence-electron chi connectivity index (χ1n) is 13.9. The Bertz CT molecular complexity index is 2010. The van der Waals surface area contributed by atoms with E-state index in [1.54, 1.807) is 42.5 Å². The highest BCUT2D eigenvalue weighted by molar-refractivity contribution is 6.34. The fourth-order valence-electron chi connectivity index (χ4n) is 5.39. The Kier molecular flexibility index (Phi) is 6.32. The zero-order valence-corrected chi connectivity index (χ0v) is 23.7. The first-order chi connectivity index (χ1) is 21.3. The number of aryl methyl sites for hydroxylation is 1. The molecule has 214 valence electrons. The summed E-state index contributed by atoms with van der Waals surface area (Å²) in [5, 5.41) is 0. The highest BCUT2D eigenvalue weighted by Crippen LogP contribution is 2.34. The smallest absolute Gasteiger partial charge is 0.266 e. The number of amides is 4. The number of fused-ring (bicyclic) bond motifs is 2. The summed E-state index contributed by atoms with van der Waals surface area (Å²) < 4.78 is 12.0. The van der Waals surface area contributed by atoms with Crippen molar-refractivity contribution in [3.63, 3.8) is 0 Å². The van der Waals surface area contributed by atoms with E-state index >= 15 is 0 Å². The molecule has 0 atom stereocenters. The molecule has 8 heteroatoms. The van der Waals surface area contributed by atoms with Crippen LogP contribution in [0.5, 0.6) is 23.0 Å². The van der Waals surface area contributed by atoms with E-state index in [1.807, 2.05) is 73.7 Å². The molecule has 5 aromatic carbocycles. The molecule has 44 heavy (non-hydrogen) atoms. The lowest BCUT2D eigenvalue weighted by Crippen LogP contribution is -2.29. The molecule has 2 aliphatic heterocycles. The number of carbonyl (C=O) groups excluding carboxylic acids is 4. The van der Waals surface area contributed by atoms with Crippen molar-refractivity contribution in [2.45, 2.75) is 6.92 Å². The molecule has 5 aromatic rings. The maximum atomic E-state index is 13.1. The Labute approximate surface area is 252 Å². The fraction of sp³-hybridized carbons (Fsp3) is 0.0556. The molecule has 8 nitrogen and oxygen atoms in total. The number of hydrogen-bond acceptors (Lipinski definition) is 6. The second-order valence-corrected chi connectivity index (χ2v) is 10.6. The summed E-state index contributed by atoms with van der Waals surface area (Å²) in [6.07, 6.45) is 0. The molecule has 0 unspecified atom stereocenters. The third kappa shape index (κ3) is 4.59. The van der Waals surface area contributed by atoms with E-state index < -0.39 is 0 Å². The van der Waals surface area contributed by atoms with Crippen molar-refractivity contribution in [2.75, 3.05) is 11.9 Å². The van der Waals surface area contributed by atoms with Gasteiger partial charge in [-0.15, -0.1) is 0 Å². The van der Waals surface area contributed by atoms with Gasteiger partial charge in [0.1, 0.15) is 23.0 Å². The predicted molar refractivity (Wildman–Crippen MR) is 164 cm³/mol. The molecule has 0 spiro atoms. The second-order valence-electron chi connectivity index (χ2n) is 10.6. The number of rotatable bonds is 6. The molecule has 0 fully saturated rings. The molecular weight excluding hydrogens is 556 g/mol. The molecule has 0 aliphatic carbocycles. The van der Waals surface area contributed by atoms with E-state index in [-0.39, 0.29) is 23.6 Å². The summed E-state index contributed by atoms with van der Waals surface area (Å²) in [4.78, 5) is 52.8. The zero-order chi connectivity index (χ0) is 30.5. The van der Waals surface area contributed by atoms with Crippen LogP contribution in [0.25, 0.3) is 11.1 Å². The van der Waals surface area contributed by atoms with Crippen LogP contribution >= 0.6 is 0 Å². The summed E-state index contributed by atoms with van der Waals surface area (Å²) in [5.74, 6) is 0.695. The summed E-state index contributed by atoms with van der Waals surface area (Å²) in [6, 6.07) is 32.1. The standard InChI is InChI=1S/C36H24N2O6/c1-21-4-3-5-24(18-21)38-35(41)30-17-15-28(20-32(30)36(38)42)44-26-12-8-23(9-13-26)22-6-10-25(11-7-22)43-27-14-16-29-31(19-27)34(40)37(2)33(29)39/h3-20H,1-2H3. The van der Waals surface area contributed by atoms with E-state index in [1.165, 1.54) is 11.9 Å². The van der Waals surface area contributed by atoms with Crippen molar-refractivity contribution in [1.29, 1.82) is 0 Å². The lowest BCUT2D eigenvalue weighted by molar-refractivity contribution is 0.0692. The third-order valence-corrected chi connectivity index (χ3v) is 7.69. The van der Waals surface area contributed by atoms with Crippen molar-refractivity contribution in [1.82, 2.24) is 4.90 Å². The van der Waals surface area contributed by atoms with Crippen molar-refractivity contribution >= 4 is 29.3 Å². The van der Waals surface area contributed by atoms with Gasteiger partial charge in [-0.05, 0) is 96.4 Å². The van der Waals surface area contributed by atoms with Gasteiger partial charge < -0.3 is 9.47 Å². The summed E-state index contributed by atoms with van der Waals surface area (Å²) in [7, 11) is 1.46. The Morgan fingerprint density at radius 2 is 0.932 bits per heavy atom. The van der Waals surface area contributed by atoms with Crippen LogP contribution in [-0.2, 0) is 0 Å². The van der Waals surface area contributed by atoms with Crippen LogP contribution in [0.15, 0.2) is 109 Å². The van der Waals surface area contributed by atoms with Crippen molar-refractivity contribution in [3.8, 4) is 34.1 Å². The third-order valence-electron chi connectivity index (χ3n) is 7.69. The molecule has 0 saturated carbocycles. The molecule has 0 aromatic heterocycles. The monoisotopic (exact) mass is 580 g/mol. The quantitative estimate of drug-likeness (QED) is 0.196. The van der Waals surface area contributed by atoms with Crippen LogP contribution in [0, 0.1) is 6.92 Å². The Balaban J connectivity index is 1.03. The molecule has 0 saturated heterocycles. The van der Waals surface area contributed by atoms with E-state index in [0.29, 0.717) is 50.9 Å². The second kappa shape index (κ2) is 10.4. The molecule has 0 N–H and O–H groups in total. The zero-order valence-electron chi connectivity index (χ0n) is 23.7. The maximum absolute atomic E-state index is 13.1. The first kappa shape index (κ1) is 26.9. The van der Waals surface area contributed by atoms with Crippen LogP contribution < -0.4 is 14.4 Å². The van der Waals surface area contributed by atoms with Gasteiger partial charge in [0.2, 0.25) is 0 Å². The Morgan fingerprint density at radius 3 is 1.48 bits per heavy atom. The molecular formula is C36H24N2O6. The predicted octanol–water partition coefficient (Wildman–Crippen LogP) is 7.27. The normalized spacial score (nSPS) is 13.8. The van der Waals surface area contributed by atoms with Crippen LogP contribution in [0.2, 0.25) is 0 Å². The number of hydrogen-bond donors (Lipinski definition) is 0. The highest BCUT2D eigenvalue weighted by atomic mass is 16.5. The van der Waals surface area contributed by atoms with Gasteiger partial charge in [0.25, 0.3) is 23.6 Å². The molecule has 2 heterocycles. The van der Waals surface area contributed by atoms with E-state index in [2.05, 4.69) is 0 Å². The lowest BCUT2D eigenvalue weighted by atomic mass is 10.1. The van der Waals surface area contributed by atoms with Crippen LogP contribution in [0.3, 0.4) is 0 Å². The van der Waals surface area contributed by atoms with Gasteiger partial charge in [-0.2, -0.15) is 0 Å². The summed E-state index contributed by atoms with van der Waals surface area (Å²) >= 11 is 0. The largest absolute Gasteiger partial charge is 0.457 e. The van der Waals surface area contributed by atoms with Crippen LogP contribution in [0.4, 0.5) is 5.69 Å². The van der Waals surface area contributed by atoms with Crippen LogP contribution in [-0.4, -0.2) is 35.6 Å². The van der Waals surface area contributed by atoms with E-state index in [0.717, 1.165) is 21.6 Å². The average Bonchev–Trinajstić information content (AvgIpc) is 3.41. The molecule has 0 radical (unpaired) electrons. The summed E-state index contributed by atoms with van der Waals surface area (Å²) in [6.45, 7) is 1.91. The van der Waals surface area contributed by atoms with Crippen molar-refractivity contribution in [3.05, 3.63) is 137 Å². The maximum Gasteiger partial charge on any atom is 0.266 e. The Morgan fingerprint density at radius 1 is 0.477 bits per heavy atom. The van der Waals surface area contributed by atoms with Gasteiger partial charge in [0.05, 0.1) is 27.9 Å². The SMILES string of the molecule is Cc1cccc(N2C(=O)c3ccc(Oc4ccc(-c5ccc(Oc6ccc7c(c6)C(=O)N(C)C7=O)cc5)cc4)cc3C2=O)c1. The summed E-state index contributed by atoms with van der Waals surface area (Å²) in [5.41, 5.74) is 4.77. The Hall–Kier alpha value is -6.02. The average molecular weight is 581 g/mol. The van der Waals surface area contributed by atoms with Gasteiger partial charge in [-0.1, -0.05) is 36.4 Å². The first-order valence-corrected chi connectivity index (χ1v) is 13.9. The van der Waals surface area contributed by atoms with Crippen LogP contribution in [0.1, 0.15) is 47.0 Å². The van der Waals surface area contributed by atoms with Gasteiger partial charge in [0.15, 0.2) is 0 Å². The highest BCUT2D eigenvalue weighted by Gasteiger charge is 2.37. The number of anilines is 1. The number of nitrogens with zero attached hydrogens (tertiary/aromatic N) is 2. The number of benzene rings is 5. The van der Waals surface area contributed by atoms with Gasteiger partial charge in [0, 0.05) is 7.05 Å². The minimum absolute atomic E-state index is 0.306. The molecule has 4 amide bonds. The van der Waals surface area contributed by atoms with E-state index in [9.17, 15) is 19.2 Å². The van der Waals surface area contributed by atoms with Crippen molar-refractivity contribution < 1.29 is 28.7 Å². The topological polar surface area (TPSA) is 93.2 Å². The van der Waals surface area contributed by atoms with Gasteiger partial charge in [-0.25, -0.2) is 4.90 Å². The number of imide groups is 2.